The topological polar surface area (TPSA) is 40.6 Å². The molecular formula is C19H28N2O2. The van der Waals surface area contributed by atoms with Crippen LogP contribution in [-0.2, 0) is 4.79 Å². The SMILES string of the molecule is CCCCC(CC)C(=O)N1CCN(C(=O)c2ccccc2)CC1. The summed E-state index contributed by atoms with van der Waals surface area (Å²) < 4.78 is 0. The molecule has 0 bridgehead atoms. The van der Waals surface area contributed by atoms with Crippen molar-refractivity contribution in [1.82, 2.24) is 9.80 Å². The number of amides is 2. The summed E-state index contributed by atoms with van der Waals surface area (Å²) in [5.74, 6) is 0.481. The van der Waals surface area contributed by atoms with Crippen LogP contribution >= 0.6 is 0 Å². The van der Waals surface area contributed by atoms with Crippen LogP contribution in [0.15, 0.2) is 30.3 Å². The molecule has 1 atom stereocenters. The van der Waals surface area contributed by atoms with E-state index in [1.807, 2.05) is 40.1 Å². The molecule has 1 aromatic carbocycles. The Kier molecular flexibility index (Phi) is 6.63. The van der Waals surface area contributed by atoms with Crippen molar-refractivity contribution in [3.05, 3.63) is 35.9 Å². The lowest BCUT2D eigenvalue weighted by molar-refractivity contribution is -0.137. The Labute approximate surface area is 139 Å². The van der Waals surface area contributed by atoms with Gasteiger partial charge >= 0.3 is 0 Å². The largest absolute Gasteiger partial charge is 0.339 e. The van der Waals surface area contributed by atoms with E-state index in [-0.39, 0.29) is 17.7 Å². The number of hydrogen-bond donors (Lipinski definition) is 0. The second-order valence-corrected chi connectivity index (χ2v) is 6.23. The summed E-state index contributed by atoms with van der Waals surface area (Å²) in [5.41, 5.74) is 0.724. The maximum absolute atomic E-state index is 12.6. The van der Waals surface area contributed by atoms with Gasteiger partial charge in [-0.25, -0.2) is 0 Å². The first kappa shape index (κ1) is 17.5. The summed E-state index contributed by atoms with van der Waals surface area (Å²) in [6.45, 7) is 6.81. The van der Waals surface area contributed by atoms with Crippen molar-refractivity contribution < 1.29 is 9.59 Å². The van der Waals surface area contributed by atoms with Crippen LogP contribution in [0.4, 0.5) is 0 Å². The van der Waals surface area contributed by atoms with E-state index in [0.29, 0.717) is 26.2 Å². The average Bonchev–Trinajstić information content (AvgIpc) is 2.62. The van der Waals surface area contributed by atoms with Crippen LogP contribution in [0.5, 0.6) is 0 Å². The molecule has 2 amide bonds. The molecule has 0 radical (unpaired) electrons. The minimum Gasteiger partial charge on any atom is -0.339 e. The fourth-order valence-corrected chi connectivity index (χ4v) is 3.10. The number of carbonyl (C=O) groups is 2. The van der Waals surface area contributed by atoms with E-state index in [1.54, 1.807) is 0 Å². The van der Waals surface area contributed by atoms with Crippen molar-refractivity contribution in [3.63, 3.8) is 0 Å². The fraction of sp³-hybridized carbons (Fsp3) is 0.579. The minimum atomic E-state index is 0.0655. The monoisotopic (exact) mass is 316 g/mol. The molecule has 0 spiro atoms. The van der Waals surface area contributed by atoms with Crippen LogP contribution in [0, 0.1) is 5.92 Å². The summed E-state index contributed by atoms with van der Waals surface area (Å²) in [5, 5.41) is 0. The quantitative estimate of drug-likeness (QED) is 0.808. The number of benzene rings is 1. The van der Waals surface area contributed by atoms with E-state index >= 15 is 0 Å². The predicted octanol–water partition coefficient (Wildman–Crippen LogP) is 3.19. The summed E-state index contributed by atoms with van der Waals surface area (Å²) in [6.07, 6.45) is 4.12. The maximum Gasteiger partial charge on any atom is 0.253 e. The Balaban J connectivity index is 1.88. The van der Waals surface area contributed by atoms with Gasteiger partial charge < -0.3 is 9.80 Å². The highest BCUT2D eigenvalue weighted by molar-refractivity contribution is 5.94. The van der Waals surface area contributed by atoms with E-state index in [4.69, 9.17) is 0 Å². The smallest absolute Gasteiger partial charge is 0.253 e. The molecule has 1 saturated heterocycles. The van der Waals surface area contributed by atoms with Gasteiger partial charge in [-0.15, -0.1) is 0 Å². The molecule has 1 aliphatic heterocycles. The van der Waals surface area contributed by atoms with E-state index in [2.05, 4.69) is 13.8 Å². The molecule has 1 aliphatic rings. The Hall–Kier alpha value is -1.84. The fourth-order valence-electron chi connectivity index (χ4n) is 3.10. The zero-order valence-corrected chi connectivity index (χ0v) is 14.3. The number of hydrogen-bond acceptors (Lipinski definition) is 2. The zero-order valence-electron chi connectivity index (χ0n) is 14.3. The Bertz CT molecular complexity index is 507. The molecule has 4 heteroatoms. The summed E-state index contributed by atoms with van der Waals surface area (Å²) in [7, 11) is 0. The first-order valence-electron chi connectivity index (χ1n) is 8.80. The molecule has 0 aliphatic carbocycles. The van der Waals surface area contributed by atoms with Crippen LogP contribution in [0.25, 0.3) is 0 Å². The second-order valence-electron chi connectivity index (χ2n) is 6.23. The maximum atomic E-state index is 12.6. The highest BCUT2D eigenvalue weighted by atomic mass is 16.2. The van der Waals surface area contributed by atoms with Crippen LogP contribution in [0.2, 0.25) is 0 Å². The van der Waals surface area contributed by atoms with Gasteiger partial charge in [0.1, 0.15) is 0 Å². The Morgan fingerprint density at radius 2 is 1.61 bits per heavy atom. The van der Waals surface area contributed by atoms with Crippen LogP contribution in [0.1, 0.15) is 49.9 Å². The third-order valence-corrected chi connectivity index (χ3v) is 4.65. The highest BCUT2D eigenvalue weighted by Gasteiger charge is 2.28. The van der Waals surface area contributed by atoms with Gasteiger partial charge in [0, 0.05) is 37.7 Å². The number of carbonyl (C=O) groups excluding carboxylic acids is 2. The van der Waals surface area contributed by atoms with Crippen molar-refractivity contribution >= 4 is 11.8 Å². The van der Waals surface area contributed by atoms with Crippen molar-refractivity contribution in [2.24, 2.45) is 5.92 Å². The van der Waals surface area contributed by atoms with Gasteiger partial charge in [0.15, 0.2) is 0 Å². The average molecular weight is 316 g/mol. The summed E-state index contributed by atoms with van der Waals surface area (Å²) in [4.78, 5) is 28.8. The standard InChI is InChI=1S/C19H28N2O2/c1-3-5-9-16(4-2)18(22)20-12-14-21(15-13-20)19(23)17-10-7-6-8-11-17/h6-8,10-11,16H,3-5,9,12-15H2,1-2H3. The molecule has 4 nitrogen and oxygen atoms in total. The summed E-state index contributed by atoms with van der Waals surface area (Å²) in [6, 6.07) is 9.36. The highest BCUT2D eigenvalue weighted by Crippen LogP contribution is 2.18. The lowest BCUT2D eigenvalue weighted by Crippen LogP contribution is -2.52. The lowest BCUT2D eigenvalue weighted by atomic mass is 9.97. The van der Waals surface area contributed by atoms with Crippen LogP contribution < -0.4 is 0 Å². The van der Waals surface area contributed by atoms with Crippen molar-refractivity contribution in [3.8, 4) is 0 Å². The van der Waals surface area contributed by atoms with Crippen LogP contribution in [-0.4, -0.2) is 47.8 Å². The molecule has 126 valence electrons. The third-order valence-electron chi connectivity index (χ3n) is 4.65. The molecule has 0 saturated carbocycles. The molecule has 23 heavy (non-hydrogen) atoms. The van der Waals surface area contributed by atoms with Gasteiger partial charge in [-0.05, 0) is 25.0 Å². The molecule has 1 heterocycles. The van der Waals surface area contributed by atoms with Crippen LogP contribution in [0.3, 0.4) is 0 Å². The number of piperazine rings is 1. The molecule has 1 aromatic rings. The van der Waals surface area contributed by atoms with Gasteiger partial charge in [-0.3, -0.25) is 9.59 Å². The van der Waals surface area contributed by atoms with E-state index in [0.717, 1.165) is 31.2 Å². The minimum absolute atomic E-state index is 0.0655. The van der Waals surface area contributed by atoms with E-state index in [9.17, 15) is 9.59 Å². The van der Waals surface area contributed by atoms with Gasteiger partial charge in [-0.1, -0.05) is 44.9 Å². The first-order valence-corrected chi connectivity index (χ1v) is 8.80. The lowest BCUT2D eigenvalue weighted by Gasteiger charge is -2.36. The molecular weight excluding hydrogens is 288 g/mol. The van der Waals surface area contributed by atoms with Crippen molar-refractivity contribution in [2.75, 3.05) is 26.2 Å². The number of unbranched alkanes of at least 4 members (excludes halogenated alkanes) is 1. The predicted molar refractivity (Wildman–Crippen MR) is 92.2 cm³/mol. The molecule has 1 fully saturated rings. The normalized spacial score (nSPS) is 16.3. The molecule has 1 unspecified atom stereocenters. The Morgan fingerprint density at radius 1 is 1.00 bits per heavy atom. The van der Waals surface area contributed by atoms with Gasteiger partial charge in [0.05, 0.1) is 0 Å². The molecule has 0 N–H and O–H groups in total. The van der Waals surface area contributed by atoms with E-state index < -0.39 is 0 Å². The van der Waals surface area contributed by atoms with Gasteiger partial charge in [-0.2, -0.15) is 0 Å². The van der Waals surface area contributed by atoms with Crippen molar-refractivity contribution in [2.45, 2.75) is 39.5 Å². The Morgan fingerprint density at radius 3 is 2.17 bits per heavy atom. The molecule has 0 aromatic heterocycles. The van der Waals surface area contributed by atoms with Gasteiger partial charge in [0.25, 0.3) is 5.91 Å². The number of nitrogens with zero attached hydrogens (tertiary/aromatic N) is 2. The molecule has 2 rings (SSSR count). The zero-order chi connectivity index (χ0) is 16.7. The summed E-state index contributed by atoms with van der Waals surface area (Å²) >= 11 is 0. The van der Waals surface area contributed by atoms with Crippen molar-refractivity contribution in [1.29, 1.82) is 0 Å². The second kappa shape index (κ2) is 8.70. The van der Waals surface area contributed by atoms with Gasteiger partial charge in [0.2, 0.25) is 5.91 Å². The first-order chi connectivity index (χ1) is 11.2. The third kappa shape index (κ3) is 4.57. The number of rotatable bonds is 6. The van der Waals surface area contributed by atoms with E-state index in [1.165, 1.54) is 0 Å².